The number of aromatic amines is 2. The second-order valence-electron chi connectivity index (χ2n) is 5.46. The fourth-order valence-corrected chi connectivity index (χ4v) is 2.74. The van der Waals surface area contributed by atoms with Gasteiger partial charge in [0, 0.05) is 18.0 Å². The summed E-state index contributed by atoms with van der Waals surface area (Å²) < 4.78 is 15.3. The van der Waals surface area contributed by atoms with Gasteiger partial charge < -0.3 is 4.98 Å². The van der Waals surface area contributed by atoms with Crippen LogP contribution in [-0.4, -0.2) is 38.1 Å². The molecule has 26 heavy (non-hydrogen) atoms. The molecular formula is C18H14FN7. The van der Waals surface area contributed by atoms with Crippen LogP contribution in [0.25, 0.3) is 39.3 Å². The SMILES string of the molecule is C=N/C(=C\N=CC)c1ccc2[nH]nc(-c3nc4ncccc4[nH]3)c2c1F. The molecule has 0 fully saturated rings. The highest BCUT2D eigenvalue weighted by atomic mass is 19.1. The highest BCUT2D eigenvalue weighted by Crippen LogP contribution is 2.32. The molecule has 3 heterocycles. The minimum Gasteiger partial charge on any atom is -0.335 e. The van der Waals surface area contributed by atoms with E-state index in [2.05, 4.69) is 41.9 Å². The topological polar surface area (TPSA) is 95.0 Å². The van der Waals surface area contributed by atoms with E-state index in [1.54, 1.807) is 37.5 Å². The number of nitrogens with one attached hydrogen (secondary N) is 2. The first-order valence-corrected chi connectivity index (χ1v) is 7.85. The Bertz CT molecular complexity index is 1150. The Balaban J connectivity index is 1.94. The number of aliphatic imine (C=N–C) groups is 2. The Labute approximate surface area is 147 Å². The first-order chi connectivity index (χ1) is 12.7. The maximum absolute atomic E-state index is 15.3. The van der Waals surface area contributed by atoms with E-state index in [0.717, 1.165) is 5.52 Å². The molecule has 0 unspecified atom stereocenters. The molecule has 4 rings (SSSR count). The van der Waals surface area contributed by atoms with E-state index < -0.39 is 5.82 Å². The van der Waals surface area contributed by atoms with Crippen LogP contribution in [0, 0.1) is 5.82 Å². The van der Waals surface area contributed by atoms with Crippen LogP contribution in [0.4, 0.5) is 4.39 Å². The van der Waals surface area contributed by atoms with Gasteiger partial charge in [0.05, 0.1) is 28.3 Å². The lowest BCUT2D eigenvalue weighted by Gasteiger charge is -2.04. The quantitative estimate of drug-likeness (QED) is 0.551. The number of fused-ring (bicyclic) bond motifs is 2. The number of hydrogen-bond donors (Lipinski definition) is 2. The smallest absolute Gasteiger partial charge is 0.178 e. The summed E-state index contributed by atoms with van der Waals surface area (Å²) in [4.78, 5) is 19.6. The molecule has 0 bridgehead atoms. The zero-order valence-corrected chi connectivity index (χ0v) is 13.9. The van der Waals surface area contributed by atoms with Crippen LogP contribution in [0.15, 0.2) is 46.6 Å². The van der Waals surface area contributed by atoms with E-state index in [9.17, 15) is 0 Å². The predicted molar refractivity (Wildman–Crippen MR) is 101 cm³/mol. The highest BCUT2D eigenvalue weighted by molar-refractivity contribution is 5.95. The summed E-state index contributed by atoms with van der Waals surface area (Å²) in [5, 5.41) is 7.38. The molecule has 0 radical (unpaired) electrons. The lowest BCUT2D eigenvalue weighted by atomic mass is 10.1. The third kappa shape index (κ3) is 2.48. The monoisotopic (exact) mass is 347 g/mol. The zero-order chi connectivity index (χ0) is 18.1. The fourth-order valence-electron chi connectivity index (χ4n) is 2.74. The molecule has 0 aliphatic heterocycles. The van der Waals surface area contributed by atoms with Crippen molar-refractivity contribution in [2.24, 2.45) is 9.98 Å². The van der Waals surface area contributed by atoms with Crippen molar-refractivity contribution >= 4 is 40.7 Å². The summed E-state index contributed by atoms with van der Waals surface area (Å²) in [7, 11) is 0. The average molecular weight is 347 g/mol. The van der Waals surface area contributed by atoms with Gasteiger partial charge in [-0.2, -0.15) is 5.10 Å². The van der Waals surface area contributed by atoms with Gasteiger partial charge in [-0.05, 0) is 37.9 Å². The molecule has 7 nitrogen and oxygen atoms in total. The van der Waals surface area contributed by atoms with Gasteiger partial charge in [-0.3, -0.25) is 15.1 Å². The van der Waals surface area contributed by atoms with E-state index in [1.807, 2.05) is 6.07 Å². The Morgan fingerprint density at radius 1 is 1.27 bits per heavy atom. The number of hydrogen-bond acceptors (Lipinski definition) is 5. The molecule has 8 heteroatoms. The molecule has 0 atom stereocenters. The van der Waals surface area contributed by atoms with Crippen LogP contribution in [-0.2, 0) is 0 Å². The van der Waals surface area contributed by atoms with Gasteiger partial charge in [-0.25, -0.2) is 14.4 Å². The summed E-state index contributed by atoms with van der Waals surface area (Å²) in [6.45, 7) is 5.26. The Morgan fingerprint density at radius 3 is 2.92 bits per heavy atom. The van der Waals surface area contributed by atoms with Crippen LogP contribution in [0.5, 0.6) is 0 Å². The summed E-state index contributed by atoms with van der Waals surface area (Å²) in [5.41, 5.74) is 2.84. The van der Waals surface area contributed by atoms with E-state index in [-0.39, 0.29) is 5.56 Å². The lowest BCUT2D eigenvalue weighted by molar-refractivity contribution is 0.636. The van der Waals surface area contributed by atoms with Crippen LogP contribution >= 0.6 is 0 Å². The number of pyridine rings is 1. The van der Waals surface area contributed by atoms with Gasteiger partial charge in [0.2, 0.25) is 0 Å². The standard InChI is InChI=1S/C18H14FN7/c1-3-21-9-13(20-2)10-6-7-11-14(15(10)19)16(26-25-11)18-23-12-5-4-8-22-17(12)24-18/h3-9H,2H2,1H3,(H,25,26)(H,22,23,24)/b13-9-,21-3?. The van der Waals surface area contributed by atoms with Gasteiger partial charge in [-0.15, -0.1) is 0 Å². The number of halogens is 1. The normalized spacial score (nSPS) is 12.5. The number of H-pyrrole nitrogens is 2. The maximum atomic E-state index is 15.3. The minimum absolute atomic E-state index is 0.287. The summed E-state index contributed by atoms with van der Waals surface area (Å²) in [6, 6.07) is 7.00. The van der Waals surface area contributed by atoms with Gasteiger partial charge in [0.25, 0.3) is 0 Å². The molecule has 0 aliphatic rings. The number of benzene rings is 1. The fraction of sp³-hybridized carbons (Fsp3) is 0.0556. The lowest BCUT2D eigenvalue weighted by Crippen LogP contribution is -1.91. The van der Waals surface area contributed by atoms with Crippen LogP contribution in [0.3, 0.4) is 0 Å². The van der Waals surface area contributed by atoms with E-state index >= 15 is 4.39 Å². The molecule has 0 saturated carbocycles. The van der Waals surface area contributed by atoms with Crippen LogP contribution in [0.1, 0.15) is 12.5 Å². The van der Waals surface area contributed by atoms with Crippen molar-refractivity contribution in [3.63, 3.8) is 0 Å². The Morgan fingerprint density at radius 2 is 2.15 bits per heavy atom. The molecule has 0 amide bonds. The molecule has 128 valence electrons. The minimum atomic E-state index is -0.468. The van der Waals surface area contributed by atoms with Crippen molar-refractivity contribution in [3.05, 3.63) is 48.0 Å². The molecular weight excluding hydrogens is 333 g/mol. The Hall–Kier alpha value is -3.68. The zero-order valence-electron chi connectivity index (χ0n) is 13.9. The molecule has 4 aromatic rings. The van der Waals surface area contributed by atoms with Crippen molar-refractivity contribution in [2.75, 3.05) is 0 Å². The van der Waals surface area contributed by atoms with Gasteiger partial charge >= 0.3 is 0 Å². The molecule has 0 aliphatic carbocycles. The first-order valence-electron chi connectivity index (χ1n) is 7.85. The van der Waals surface area contributed by atoms with Crippen molar-refractivity contribution in [3.8, 4) is 11.5 Å². The molecule has 0 spiro atoms. The molecule has 3 aromatic heterocycles. The Kier molecular flexibility index (Phi) is 3.85. The maximum Gasteiger partial charge on any atom is 0.178 e. The third-order valence-electron chi connectivity index (χ3n) is 3.94. The van der Waals surface area contributed by atoms with Crippen molar-refractivity contribution in [1.82, 2.24) is 25.1 Å². The van der Waals surface area contributed by atoms with Crippen molar-refractivity contribution in [1.29, 1.82) is 0 Å². The van der Waals surface area contributed by atoms with Crippen LogP contribution in [0.2, 0.25) is 0 Å². The summed E-state index contributed by atoms with van der Waals surface area (Å²) >= 11 is 0. The van der Waals surface area contributed by atoms with Gasteiger partial charge in [0.15, 0.2) is 11.5 Å². The highest BCUT2D eigenvalue weighted by Gasteiger charge is 2.19. The second kappa shape index (κ2) is 6.32. The second-order valence-corrected chi connectivity index (χ2v) is 5.46. The average Bonchev–Trinajstić information content (AvgIpc) is 3.27. The molecule has 1 aromatic carbocycles. The molecule has 0 saturated heterocycles. The van der Waals surface area contributed by atoms with E-state index in [1.165, 1.54) is 6.20 Å². The van der Waals surface area contributed by atoms with Gasteiger partial charge in [0.1, 0.15) is 11.5 Å². The number of nitrogens with zero attached hydrogens (tertiary/aromatic N) is 5. The summed E-state index contributed by atoms with van der Waals surface area (Å²) in [5.74, 6) is -0.0331. The number of imidazole rings is 1. The van der Waals surface area contributed by atoms with Crippen molar-refractivity contribution < 1.29 is 4.39 Å². The molecule has 2 N–H and O–H groups in total. The van der Waals surface area contributed by atoms with E-state index in [0.29, 0.717) is 33.8 Å². The largest absolute Gasteiger partial charge is 0.335 e. The first kappa shape index (κ1) is 15.8. The summed E-state index contributed by atoms with van der Waals surface area (Å²) in [6.07, 6.45) is 4.70. The van der Waals surface area contributed by atoms with Gasteiger partial charge in [-0.1, -0.05) is 0 Å². The number of aromatic nitrogens is 5. The third-order valence-corrected chi connectivity index (χ3v) is 3.94. The van der Waals surface area contributed by atoms with Crippen LogP contribution < -0.4 is 0 Å². The van der Waals surface area contributed by atoms with Crippen molar-refractivity contribution in [2.45, 2.75) is 6.92 Å². The number of rotatable bonds is 4. The predicted octanol–water partition coefficient (Wildman–Crippen LogP) is 3.73. The van der Waals surface area contributed by atoms with E-state index in [4.69, 9.17) is 0 Å².